The zero-order chi connectivity index (χ0) is 13.2. The summed E-state index contributed by atoms with van der Waals surface area (Å²) < 4.78 is 5.22. The highest BCUT2D eigenvalue weighted by Gasteiger charge is 1.87. The van der Waals surface area contributed by atoms with Gasteiger partial charge in [0.05, 0.1) is 6.61 Å². The van der Waals surface area contributed by atoms with Crippen LogP contribution in [0.15, 0.2) is 54.6 Å². The summed E-state index contributed by atoms with van der Waals surface area (Å²) in [6.45, 7) is 3.52. The number of phenols is 2. The predicted octanol–water partition coefficient (Wildman–Crippen LogP) is 3.32. The second-order valence-corrected chi connectivity index (χ2v) is 3.64. The Morgan fingerprint density at radius 2 is 1.50 bits per heavy atom. The van der Waals surface area contributed by atoms with Crippen molar-refractivity contribution < 1.29 is 14.9 Å². The van der Waals surface area contributed by atoms with Gasteiger partial charge in [-0.05, 0) is 24.6 Å². The maximum Gasteiger partial charge on any atom is 0.119 e. The molecule has 0 saturated carbocycles. The SMILES string of the molecule is CCOCc1ccccc1.Oc1cccc(O)c1. The van der Waals surface area contributed by atoms with E-state index in [1.54, 1.807) is 6.07 Å². The Morgan fingerprint density at radius 3 is 1.94 bits per heavy atom. The normalized spacial score (nSPS) is 9.39. The third-order valence-corrected chi connectivity index (χ3v) is 2.15. The fourth-order valence-corrected chi connectivity index (χ4v) is 1.29. The third-order valence-electron chi connectivity index (χ3n) is 2.15. The van der Waals surface area contributed by atoms with E-state index in [1.807, 2.05) is 25.1 Å². The van der Waals surface area contributed by atoms with Crippen molar-refractivity contribution in [2.75, 3.05) is 6.61 Å². The van der Waals surface area contributed by atoms with Crippen LogP contribution in [0.1, 0.15) is 12.5 Å². The standard InChI is InChI=1S/C9H12O.C6H6O2/c1-2-10-8-9-6-4-3-5-7-9;7-5-2-1-3-6(8)4-5/h3-7H,2,8H2,1H3;1-4,7-8H. The van der Waals surface area contributed by atoms with E-state index < -0.39 is 0 Å². The molecule has 0 aromatic heterocycles. The smallest absolute Gasteiger partial charge is 0.119 e. The number of aromatic hydroxyl groups is 2. The highest BCUT2D eigenvalue weighted by atomic mass is 16.5. The summed E-state index contributed by atoms with van der Waals surface area (Å²) in [5.74, 6) is 0.176. The lowest BCUT2D eigenvalue weighted by Gasteiger charge is -1.98. The molecule has 0 atom stereocenters. The number of rotatable bonds is 3. The van der Waals surface area contributed by atoms with Gasteiger partial charge in [-0.3, -0.25) is 0 Å². The van der Waals surface area contributed by atoms with E-state index in [4.69, 9.17) is 14.9 Å². The fourth-order valence-electron chi connectivity index (χ4n) is 1.29. The van der Waals surface area contributed by atoms with Gasteiger partial charge in [-0.15, -0.1) is 0 Å². The van der Waals surface area contributed by atoms with Gasteiger partial charge in [0.15, 0.2) is 0 Å². The molecule has 0 unspecified atom stereocenters. The molecule has 2 aromatic carbocycles. The molecule has 0 radical (unpaired) electrons. The van der Waals surface area contributed by atoms with Crippen LogP contribution < -0.4 is 0 Å². The highest BCUT2D eigenvalue weighted by Crippen LogP contribution is 2.14. The number of ether oxygens (including phenoxy) is 1. The molecule has 0 spiro atoms. The quantitative estimate of drug-likeness (QED) is 0.873. The Balaban J connectivity index is 0.000000184. The molecule has 0 aliphatic heterocycles. The zero-order valence-corrected chi connectivity index (χ0v) is 10.4. The van der Waals surface area contributed by atoms with Gasteiger partial charge in [-0.25, -0.2) is 0 Å². The minimum absolute atomic E-state index is 0.0880. The molecule has 2 N–H and O–H groups in total. The van der Waals surface area contributed by atoms with Crippen LogP contribution in [0.3, 0.4) is 0 Å². The van der Waals surface area contributed by atoms with Crippen LogP contribution in [0.4, 0.5) is 0 Å². The molecule has 3 nitrogen and oxygen atoms in total. The Labute approximate surface area is 107 Å². The monoisotopic (exact) mass is 246 g/mol. The van der Waals surface area contributed by atoms with Crippen LogP contribution in [0.2, 0.25) is 0 Å². The van der Waals surface area contributed by atoms with Crippen LogP contribution in [-0.4, -0.2) is 16.8 Å². The largest absolute Gasteiger partial charge is 0.508 e. The first-order valence-electron chi connectivity index (χ1n) is 5.82. The molecule has 3 heteroatoms. The summed E-state index contributed by atoms with van der Waals surface area (Å²) in [5.41, 5.74) is 1.24. The number of hydrogen-bond donors (Lipinski definition) is 2. The Bertz CT molecular complexity index is 423. The van der Waals surface area contributed by atoms with Crippen LogP contribution in [-0.2, 0) is 11.3 Å². The molecule has 0 saturated heterocycles. The molecule has 0 heterocycles. The third kappa shape index (κ3) is 5.92. The van der Waals surface area contributed by atoms with Crippen LogP contribution >= 0.6 is 0 Å². The van der Waals surface area contributed by atoms with Gasteiger partial charge < -0.3 is 14.9 Å². The first-order valence-corrected chi connectivity index (χ1v) is 5.82. The number of hydrogen-bond acceptors (Lipinski definition) is 3. The molecular formula is C15H18O3. The Kier molecular flexibility index (Phi) is 6.36. The van der Waals surface area contributed by atoms with E-state index in [2.05, 4.69) is 12.1 Å². The van der Waals surface area contributed by atoms with Gasteiger partial charge in [0.1, 0.15) is 11.5 Å². The number of benzene rings is 2. The van der Waals surface area contributed by atoms with Gasteiger partial charge in [-0.1, -0.05) is 36.4 Å². The molecule has 0 aliphatic rings. The minimum atomic E-state index is 0.0880. The predicted molar refractivity (Wildman–Crippen MR) is 71.5 cm³/mol. The summed E-state index contributed by atoms with van der Waals surface area (Å²) >= 11 is 0. The first kappa shape index (κ1) is 14.1. The van der Waals surface area contributed by atoms with Crippen molar-refractivity contribution in [3.63, 3.8) is 0 Å². The summed E-state index contributed by atoms with van der Waals surface area (Å²) in [6.07, 6.45) is 0. The van der Waals surface area contributed by atoms with Crippen molar-refractivity contribution in [2.45, 2.75) is 13.5 Å². The van der Waals surface area contributed by atoms with Gasteiger partial charge in [0.2, 0.25) is 0 Å². The number of phenolic OH excluding ortho intramolecular Hbond substituents is 2. The van der Waals surface area contributed by atoms with E-state index in [9.17, 15) is 0 Å². The second-order valence-electron chi connectivity index (χ2n) is 3.64. The maximum absolute atomic E-state index is 8.65. The van der Waals surface area contributed by atoms with E-state index in [0.29, 0.717) is 0 Å². The summed E-state index contributed by atoms with van der Waals surface area (Å²) in [4.78, 5) is 0. The highest BCUT2D eigenvalue weighted by molar-refractivity contribution is 5.30. The molecular weight excluding hydrogens is 228 g/mol. The van der Waals surface area contributed by atoms with Crippen molar-refractivity contribution in [1.82, 2.24) is 0 Å². The fraction of sp³-hybridized carbons (Fsp3) is 0.200. The lowest BCUT2D eigenvalue weighted by Crippen LogP contribution is -1.90. The van der Waals surface area contributed by atoms with Gasteiger partial charge in [-0.2, -0.15) is 0 Å². The molecule has 2 aromatic rings. The first-order chi connectivity index (χ1) is 8.72. The van der Waals surface area contributed by atoms with Crippen molar-refractivity contribution in [3.05, 3.63) is 60.2 Å². The van der Waals surface area contributed by atoms with Gasteiger partial charge in [0, 0.05) is 12.7 Å². The Hall–Kier alpha value is -2.00. The van der Waals surface area contributed by atoms with Crippen LogP contribution in [0.5, 0.6) is 11.5 Å². The molecule has 96 valence electrons. The average molecular weight is 246 g/mol. The summed E-state index contributed by atoms with van der Waals surface area (Å²) in [7, 11) is 0. The van der Waals surface area contributed by atoms with E-state index in [-0.39, 0.29) is 11.5 Å². The minimum Gasteiger partial charge on any atom is -0.508 e. The summed E-state index contributed by atoms with van der Waals surface area (Å²) in [6, 6.07) is 16.0. The van der Waals surface area contributed by atoms with Crippen molar-refractivity contribution in [1.29, 1.82) is 0 Å². The van der Waals surface area contributed by atoms with E-state index >= 15 is 0 Å². The molecule has 18 heavy (non-hydrogen) atoms. The average Bonchev–Trinajstić information content (AvgIpc) is 2.38. The summed E-state index contributed by atoms with van der Waals surface area (Å²) in [5, 5.41) is 17.3. The Morgan fingerprint density at radius 1 is 0.889 bits per heavy atom. The molecule has 2 rings (SSSR count). The lowest BCUT2D eigenvalue weighted by molar-refractivity contribution is 0.134. The van der Waals surface area contributed by atoms with E-state index in [1.165, 1.54) is 23.8 Å². The topological polar surface area (TPSA) is 49.7 Å². The van der Waals surface area contributed by atoms with Crippen LogP contribution in [0.25, 0.3) is 0 Å². The molecule has 0 bridgehead atoms. The molecule has 0 amide bonds. The van der Waals surface area contributed by atoms with Gasteiger partial charge >= 0.3 is 0 Å². The zero-order valence-electron chi connectivity index (χ0n) is 10.4. The maximum atomic E-state index is 8.65. The van der Waals surface area contributed by atoms with Crippen molar-refractivity contribution >= 4 is 0 Å². The second kappa shape index (κ2) is 8.14. The molecule has 0 fully saturated rings. The molecule has 0 aliphatic carbocycles. The van der Waals surface area contributed by atoms with Crippen LogP contribution in [0, 0.1) is 0 Å². The van der Waals surface area contributed by atoms with E-state index in [0.717, 1.165) is 13.2 Å². The van der Waals surface area contributed by atoms with Crippen molar-refractivity contribution in [2.24, 2.45) is 0 Å². The van der Waals surface area contributed by atoms with Gasteiger partial charge in [0.25, 0.3) is 0 Å². The van der Waals surface area contributed by atoms with Crippen molar-refractivity contribution in [3.8, 4) is 11.5 Å². The lowest BCUT2D eigenvalue weighted by atomic mass is 10.2.